The minimum atomic E-state index is -1.38. The van der Waals surface area contributed by atoms with Gasteiger partial charge in [-0.25, -0.2) is 0 Å². The smallest absolute Gasteiger partial charge is 0.195 e. The standard InChI is InChI=1S/C28H30O5/c29-28-17-16-24(33-28)25(30-18-21-10-4-1-5-11-21)26(31-19-22-12-6-2-7-13-22)27(28)32-20-23-14-8-3-9-15-23/h1-15,24-27,29H,16-20H2/t24-,25-,26+,27-,28+/m0/s1. The van der Waals surface area contributed by atoms with Crippen molar-refractivity contribution < 1.29 is 24.1 Å². The Hall–Kier alpha value is -2.54. The van der Waals surface area contributed by atoms with Crippen molar-refractivity contribution in [3.05, 3.63) is 108 Å². The van der Waals surface area contributed by atoms with Gasteiger partial charge >= 0.3 is 0 Å². The van der Waals surface area contributed by atoms with Gasteiger partial charge < -0.3 is 24.1 Å². The van der Waals surface area contributed by atoms with Crippen molar-refractivity contribution in [1.82, 2.24) is 0 Å². The van der Waals surface area contributed by atoms with Crippen LogP contribution in [0.15, 0.2) is 91.0 Å². The first kappa shape index (κ1) is 22.3. The molecule has 5 atom stereocenters. The molecular formula is C28H30O5. The number of hydrogen-bond donors (Lipinski definition) is 1. The summed E-state index contributed by atoms with van der Waals surface area (Å²) in [5.74, 6) is -1.38. The fourth-order valence-electron chi connectivity index (χ4n) is 4.71. The van der Waals surface area contributed by atoms with Crippen molar-refractivity contribution >= 4 is 0 Å². The lowest BCUT2D eigenvalue weighted by atomic mass is 9.97. The molecule has 1 N–H and O–H groups in total. The first-order valence-electron chi connectivity index (χ1n) is 11.6. The first-order chi connectivity index (χ1) is 16.2. The lowest BCUT2D eigenvalue weighted by Gasteiger charge is -2.45. The summed E-state index contributed by atoms with van der Waals surface area (Å²) < 4.78 is 25.2. The topological polar surface area (TPSA) is 57.2 Å². The molecule has 0 amide bonds. The molecule has 0 unspecified atom stereocenters. The number of rotatable bonds is 9. The van der Waals surface area contributed by atoms with E-state index in [0.717, 1.165) is 16.7 Å². The minimum Gasteiger partial charge on any atom is -0.368 e. The van der Waals surface area contributed by atoms with E-state index in [1.807, 2.05) is 91.0 Å². The van der Waals surface area contributed by atoms with Crippen LogP contribution in [0.3, 0.4) is 0 Å². The number of aliphatic hydroxyl groups is 1. The third-order valence-electron chi connectivity index (χ3n) is 6.42. The van der Waals surface area contributed by atoms with Gasteiger partial charge in [0.1, 0.15) is 18.3 Å². The molecule has 0 radical (unpaired) electrons. The predicted molar refractivity (Wildman–Crippen MR) is 124 cm³/mol. The Balaban J connectivity index is 1.37. The summed E-state index contributed by atoms with van der Waals surface area (Å²) in [7, 11) is 0. The average Bonchev–Trinajstić information content (AvgIpc) is 3.22. The monoisotopic (exact) mass is 446 g/mol. The van der Waals surface area contributed by atoms with Crippen LogP contribution < -0.4 is 0 Å². The fraction of sp³-hybridized carbons (Fsp3) is 0.357. The molecule has 5 heteroatoms. The van der Waals surface area contributed by atoms with Gasteiger partial charge in [-0.05, 0) is 23.1 Å². The Labute approximate surface area is 194 Å². The molecule has 172 valence electrons. The molecule has 0 saturated carbocycles. The number of hydrogen-bond acceptors (Lipinski definition) is 5. The Kier molecular flexibility index (Phi) is 6.85. The molecule has 0 aliphatic carbocycles. The lowest BCUT2D eigenvalue weighted by molar-refractivity contribution is -0.340. The lowest BCUT2D eigenvalue weighted by Crippen LogP contribution is -2.62. The highest BCUT2D eigenvalue weighted by atomic mass is 16.7. The summed E-state index contributed by atoms with van der Waals surface area (Å²) in [6, 6.07) is 30.0. The quantitative estimate of drug-likeness (QED) is 0.520. The molecule has 0 aromatic heterocycles. The molecule has 2 aliphatic heterocycles. The molecule has 2 bridgehead atoms. The van der Waals surface area contributed by atoms with E-state index < -0.39 is 18.0 Å². The maximum absolute atomic E-state index is 11.3. The Morgan fingerprint density at radius 1 is 0.667 bits per heavy atom. The van der Waals surface area contributed by atoms with Crippen LogP contribution in [-0.2, 0) is 38.8 Å². The zero-order chi connectivity index (χ0) is 22.5. The van der Waals surface area contributed by atoms with Crippen LogP contribution in [0.2, 0.25) is 0 Å². The zero-order valence-corrected chi connectivity index (χ0v) is 18.6. The summed E-state index contributed by atoms with van der Waals surface area (Å²) in [5, 5.41) is 11.3. The predicted octanol–water partition coefficient (Wildman–Crippen LogP) is 4.62. The van der Waals surface area contributed by atoms with Crippen LogP contribution in [0, 0.1) is 0 Å². The largest absolute Gasteiger partial charge is 0.368 e. The van der Waals surface area contributed by atoms with Gasteiger partial charge in [0.25, 0.3) is 0 Å². The second-order valence-corrected chi connectivity index (χ2v) is 8.78. The van der Waals surface area contributed by atoms with E-state index in [-0.39, 0.29) is 12.2 Å². The van der Waals surface area contributed by atoms with E-state index in [4.69, 9.17) is 18.9 Å². The Morgan fingerprint density at radius 3 is 1.64 bits per heavy atom. The highest BCUT2D eigenvalue weighted by molar-refractivity contribution is 5.16. The summed E-state index contributed by atoms with van der Waals surface area (Å²) in [6.07, 6.45) is -0.529. The molecule has 3 aromatic carbocycles. The number of benzene rings is 3. The van der Waals surface area contributed by atoms with Crippen molar-refractivity contribution in [2.75, 3.05) is 0 Å². The average molecular weight is 447 g/mol. The van der Waals surface area contributed by atoms with Crippen molar-refractivity contribution in [3.8, 4) is 0 Å². The van der Waals surface area contributed by atoms with E-state index in [0.29, 0.717) is 32.7 Å². The maximum Gasteiger partial charge on any atom is 0.195 e. The highest BCUT2D eigenvalue weighted by Crippen LogP contribution is 2.44. The van der Waals surface area contributed by atoms with E-state index >= 15 is 0 Å². The van der Waals surface area contributed by atoms with Crippen molar-refractivity contribution in [1.29, 1.82) is 0 Å². The van der Waals surface area contributed by atoms with Crippen molar-refractivity contribution in [2.24, 2.45) is 0 Å². The zero-order valence-electron chi connectivity index (χ0n) is 18.6. The first-order valence-corrected chi connectivity index (χ1v) is 11.6. The van der Waals surface area contributed by atoms with Crippen molar-refractivity contribution in [3.63, 3.8) is 0 Å². The van der Waals surface area contributed by atoms with Crippen LogP contribution in [0.5, 0.6) is 0 Å². The molecule has 0 spiro atoms. The molecule has 2 heterocycles. The Morgan fingerprint density at radius 2 is 1.12 bits per heavy atom. The summed E-state index contributed by atoms with van der Waals surface area (Å²) >= 11 is 0. The van der Waals surface area contributed by atoms with Gasteiger partial charge in [-0.3, -0.25) is 0 Å². The van der Waals surface area contributed by atoms with Gasteiger partial charge in [-0.2, -0.15) is 0 Å². The second-order valence-electron chi connectivity index (χ2n) is 8.78. The van der Waals surface area contributed by atoms with E-state index in [2.05, 4.69) is 0 Å². The third kappa shape index (κ3) is 5.18. The van der Waals surface area contributed by atoms with Crippen LogP contribution in [0.4, 0.5) is 0 Å². The fourth-order valence-corrected chi connectivity index (χ4v) is 4.71. The summed E-state index contributed by atoms with van der Waals surface area (Å²) in [6.45, 7) is 1.21. The molecule has 5 nitrogen and oxygen atoms in total. The molecule has 2 aliphatic rings. The third-order valence-corrected chi connectivity index (χ3v) is 6.42. The minimum absolute atomic E-state index is 0.240. The van der Waals surface area contributed by atoms with Gasteiger partial charge in [0.05, 0.1) is 25.9 Å². The Bertz CT molecular complexity index is 997. The number of ether oxygens (including phenoxy) is 4. The van der Waals surface area contributed by atoms with Gasteiger partial charge in [-0.15, -0.1) is 0 Å². The van der Waals surface area contributed by atoms with Gasteiger partial charge in [-0.1, -0.05) is 91.0 Å². The molecule has 2 saturated heterocycles. The molecular weight excluding hydrogens is 416 g/mol. The van der Waals surface area contributed by atoms with Crippen LogP contribution >= 0.6 is 0 Å². The summed E-state index contributed by atoms with van der Waals surface area (Å²) in [4.78, 5) is 0. The van der Waals surface area contributed by atoms with Gasteiger partial charge in [0, 0.05) is 6.42 Å². The molecule has 3 aromatic rings. The van der Waals surface area contributed by atoms with E-state index in [1.54, 1.807) is 0 Å². The van der Waals surface area contributed by atoms with Gasteiger partial charge in [0.2, 0.25) is 0 Å². The van der Waals surface area contributed by atoms with E-state index in [9.17, 15) is 5.11 Å². The highest BCUT2D eigenvalue weighted by Gasteiger charge is 2.59. The SMILES string of the molecule is O[C@]12CC[C@H](O1)[C@H](OCc1ccccc1)[C@@H](OCc1ccccc1)[C@@H]2OCc1ccccc1. The molecule has 2 fully saturated rings. The van der Waals surface area contributed by atoms with E-state index in [1.165, 1.54) is 0 Å². The summed E-state index contributed by atoms with van der Waals surface area (Å²) in [5.41, 5.74) is 3.18. The second kappa shape index (κ2) is 10.2. The maximum atomic E-state index is 11.3. The van der Waals surface area contributed by atoms with Crippen LogP contribution in [0.1, 0.15) is 29.5 Å². The van der Waals surface area contributed by atoms with Gasteiger partial charge in [0.15, 0.2) is 5.79 Å². The normalized spacial score (nSPS) is 28.6. The van der Waals surface area contributed by atoms with Crippen LogP contribution in [-0.4, -0.2) is 35.3 Å². The number of fused-ring (bicyclic) bond motifs is 2. The van der Waals surface area contributed by atoms with Crippen molar-refractivity contribution in [2.45, 2.75) is 62.9 Å². The van der Waals surface area contributed by atoms with Crippen LogP contribution in [0.25, 0.3) is 0 Å². The molecule has 5 rings (SSSR count). The molecule has 33 heavy (non-hydrogen) atoms.